The SMILES string of the molecule is CCCNc1nc(OC)nc(N(C)C(C)CCSC)n1. The molecule has 1 rings (SSSR count). The largest absolute Gasteiger partial charge is 0.467 e. The minimum Gasteiger partial charge on any atom is -0.467 e. The van der Waals surface area contributed by atoms with Crippen LogP contribution in [0.2, 0.25) is 0 Å². The van der Waals surface area contributed by atoms with Crippen molar-refractivity contribution in [1.82, 2.24) is 15.0 Å². The Hall–Kier alpha value is -1.24. The summed E-state index contributed by atoms with van der Waals surface area (Å²) in [6.45, 7) is 5.10. The maximum atomic E-state index is 5.15. The van der Waals surface area contributed by atoms with E-state index in [-0.39, 0.29) is 0 Å². The molecule has 1 heterocycles. The van der Waals surface area contributed by atoms with E-state index in [0.717, 1.165) is 25.1 Å². The average Bonchev–Trinajstić information content (AvgIpc) is 2.49. The van der Waals surface area contributed by atoms with E-state index in [1.807, 2.05) is 18.8 Å². The first kappa shape index (κ1) is 16.8. The minimum absolute atomic E-state index is 0.345. The van der Waals surface area contributed by atoms with E-state index in [0.29, 0.717) is 23.9 Å². The van der Waals surface area contributed by atoms with Crippen LogP contribution in [0.5, 0.6) is 6.01 Å². The zero-order valence-corrected chi connectivity index (χ0v) is 13.8. The van der Waals surface area contributed by atoms with E-state index in [1.165, 1.54) is 0 Å². The molecule has 1 unspecified atom stereocenters. The van der Waals surface area contributed by atoms with Gasteiger partial charge in [0.2, 0.25) is 11.9 Å². The van der Waals surface area contributed by atoms with Crippen molar-refractivity contribution in [1.29, 1.82) is 0 Å². The molecule has 0 bridgehead atoms. The summed E-state index contributed by atoms with van der Waals surface area (Å²) < 4.78 is 5.15. The molecule has 0 amide bonds. The lowest BCUT2D eigenvalue weighted by atomic mass is 10.2. The van der Waals surface area contributed by atoms with Gasteiger partial charge < -0.3 is 15.0 Å². The molecule has 0 aromatic carbocycles. The molecule has 0 aliphatic heterocycles. The summed E-state index contributed by atoms with van der Waals surface area (Å²) in [6, 6.07) is 0.714. The molecule has 0 fully saturated rings. The van der Waals surface area contributed by atoms with Crippen molar-refractivity contribution >= 4 is 23.7 Å². The van der Waals surface area contributed by atoms with Crippen LogP contribution >= 0.6 is 11.8 Å². The van der Waals surface area contributed by atoms with Crippen molar-refractivity contribution < 1.29 is 4.74 Å². The Morgan fingerprint density at radius 3 is 2.70 bits per heavy atom. The van der Waals surface area contributed by atoms with E-state index in [4.69, 9.17) is 4.74 Å². The molecular formula is C13H25N5OS. The molecule has 114 valence electrons. The molecule has 6 nitrogen and oxygen atoms in total. The first-order chi connectivity index (χ1) is 9.62. The summed E-state index contributed by atoms with van der Waals surface area (Å²) in [6.07, 6.45) is 4.22. The van der Waals surface area contributed by atoms with Crippen LogP contribution in [0, 0.1) is 0 Å². The second kappa shape index (κ2) is 8.84. The van der Waals surface area contributed by atoms with Gasteiger partial charge in [-0.1, -0.05) is 6.92 Å². The van der Waals surface area contributed by atoms with Gasteiger partial charge >= 0.3 is 6.01 Å². The van der Waals surface area contributed by atoms with Gasteiger partial charge in [-0.2, -0.15) is 26.7 Å². The third kappa shape index (κ3) is 5.03. The van der Waals surface area contributed by atoms with Crippen molar-refractivity contribution in [3.8, 4) is 6.01 Å². The molecule has 0 radical (unpaired) electrons. The Kier molecular flexibility index (Phi) is 7.43. The normalized spacial score (nSPS) is 12.1. The van der Waals surface area contributed by atoms with Crippen LogP contribution in [0.1, 0.15) is 26.7 Å². The van der Waals surface area contributed by atoms with Gasteiger partial charge in [-0.15, -0.1) is 0 Å². The fraction of sp³-hybridized carbons (Fsp3) is 0.769. The lowest BCUT2D eigenvalue weighted by molar-refractivity contribution is 0.378. The second-order valence-corrected chi connectivity index (χ2v) is 5.60. The van der Waals surface area contributed by atoms with E-state index in [9.17, 15) is 0 Å². The Morgan fingerprint density at radius 2 is 2.10 bits per heavy atom. The monoisotopic (exact) mass is 299 g/mol. The van der Waals surface area contributed by atoms with Gasteiger partial charge in [-0.05, 0) is 31.8 Å². The highest BCUT2D eigenvalue weighted by atomic mass is 32.2. The molecule has 0 saturated carbocycles. The number of aromatic nitrogens is 3. The molecule has 7 heteroatoms. The Bertz CT molecular complexity index is 404. The number of anilines is 2. The van der Waals surface area contributed by atoms with Crippen molar-refractivity contribution in [2.45, 2.75) is 32.7 Å². The first-order valence-corrected chi connectivity index (χ1v) is 8.27. The van der Waals surface area contributed by atoms with Crippen LogP contribution in [0.25, 0.3) is 0 Å². The van der Waals surface area contributed by atoms with Crippen LogP contribution < -0.4 is 15.0 Å². The van der Waals surface area contributed by atoms with Crippen molar-refractivity contribution in [3.63, 3.8) is 0 Å². The van der Waals surface area contributed by atoms with Crippen LogP contribution in [-0.2, 0) is 0 Å². The van der Waals surface area contributed by atoms with Crippen molar-refractivity contribution in [2.24, 2.45) is 0 Å². The van der Waals surface area contributed by atoms with E-state index in [2.05, 4.69) is 45.3 Å². The summed E-state index contributed by atoms with van der Waals surface area (Å²) >= 11 is 1.85. The number of ether oxygens (including phenoxy) is 1. The van der Waals surface area contributed by atoms with E-state index < -0.39 is 0 Å². The molecule has 20 heavy (non-hydrogen) atoms. The summed E-state index contributed by atoms with van der Waals surface area (Å²) in [5.74, 6) is 2.33. The first-order valence-electron chi connectivity index (χ1n) is 6.88. The lowest BCUT2D eigenvalue weighted by Gasteiger charge is -2.25. The van der Waals surface area contributed by atoms with Gasteiger partial charge in [0, 0.05) is 19.6 Å². The zero-order chi connectivity index (χ0) is 15.0. The lowest BCUT2D eigenvalue weighted by Crippen LogP contribution is -2.31. The van der Waals surface area contributed by atoms with Gasteiger partial charge in [0.25, 0.3) is 0 Å². The zero-order valence-electron chi connectivity index (χ0n) is 13.0. The minimum atomic E-state index is 0.345. The Morgan fingerprint density at radius 1 is 1.35 bits per heavy atom. The van der Waals surface area contributed by atoms with E-state index in [1.54, 1.807) is 7.11 Å². The van der Waals surface area contributed by atoms with Gasteiger partial charge in [-0.25, -0.2) is 0 Å². The van der Waals surface area contributed by atoms with Crippen LogP contribution in [0.15, 0.2) is 0 Å². The molecule has 1 atom stereocenters. The van der Waals surface area contributed by atoms with Crippen LogP contribution in [-0.4, -0.2) is 53.7 Å². The van der Waals surface area contributed by atoms with Crippen LogP contribution in [0.4, 0.5) is 11.9 Å². The molecular weight excluding hydrogens is 274 g/mol. The summed E-state index contributed by atoms with van der Waals surface area (Å²) in [7, 11) is 3.57. The fourth-order valence-corrected chi connectivity index (χ4v) is 2.17. The molecule has 0 aliphatic carbocycles. The van der Waals surface area contributed by atoms with Gasteiger partial charge in [0.1, 0.15) is 0 Å². The number of hydrogen-bond acceptors (Lipinski definition) is 7. The average molecular weight is 299 g/mol. The quantitative estimate of drug-likeness (QED) is 0.750. The summed E-state index contributed by atoms with van der Waals surface area (Å²) in [4.78, 5) is 15.1. The fourth-order valence-electron chi connectivity index (χ4n) is 1.59. The van der Waals surface area contributed by atoms with Crippen LogP contribution in [0.3, 0.4) is 0 Å². The highest BCUT2D eigenvalue weighted by Gasteiger charge is 2.15. The Balaban J connectivity index is 2.85. The number of rotatable bonds is 9. The molecule has 0 aliphatic rings. The molecule has 0 saturated heterocycles. The standard InChI is InChI=1S/C13H25N5OS/c1-6-8-14-11-15-12(17-13(16-11)19-4)18(3)10(2)7-9-20-5/h10H,6-9H2,1-5H3,(H,14,15,16,17). The van der Waals surface area contributed by atoms with E-state index >= 15 is 0 Å². The highest BCUT2D eigenvalue weighted by molar-refractivity contribution is 7.98. The smallest absolute Gasteiger partial charge is 0.322 e. The van der Waals surface area contributed by atoms with Gasteiger partial charge in [-0.3, -0.25) is 0 Å². The molecule has 0 spiro atoms. The van der Waals surface area contributed by atoms with Crippen molar-refractivity contribution in [2.75, 3.05) is 42.9 Å². The van der Waals surface area contributed by atoms with Gasteiger partial charge in [0.15, 0.2) is 0 Å². The predicted octanol–water partition coefficient (Wildman–Crippen LogP) is 2.28. The second-order valence-electron chi connectivity index (χ2n) is 4.61. The molecule has 1 aromatic rings. The maximum Gasteiger partial charge on any atom is 0.322 e. The number of nitrogens with one attached hydrogen (secondary N) is 1. The maximum absolute atomic E-state index is 5.15. The third-order valence-electron chi connectivity index (χ3n) is 3.04. The van der Waals surface area contributed by atoms with Crippen molar-refractivity contribution in [3.05, 3.63) is 0 Å². The summed E-state index contributed by atoms with van der Waals surface area (Å²) in [5.41, 5.74) is 0. The number of thioether (sulfide) groups is 1. The highest BCUT2D eigenvalue weighted by Crippen LogP contribution is 2.17. The molecule has 1 N–H and O–H groups in total. The number of methoxy groups -OCH3 is 1. The molecule has 1 aromatic heterocycles. The summed E-state index contributed by atoms with van der Waals surface area (Å²) in [5, 5.41) is 3.17. The topological polar surface area (TPSA) is 63.2 Å². The number of hydrogen-bond donors (Lipinski definition) is 1. The number of nitrogens with zero attached hydrogens (tertiary/aromatic N) is 4. The third-order valence-corrected chi connectivity index (χ3v) is 3.68. The predicted molar refractivity (Wildman–Crippen MR) is 86.0 cm³/mol. The Labute approximate surface area is 125 Å². The van der Waals surface area contributed by atoms with Gasteiger partial charge in [0.05, 0.1) is 7.11 Å².